The molecule has 0 radical (unpaired) electrons. The van der Waals surface area contributed by atoms with Gasteiger partial charge in [0, 0.05) is 25.5 Å². The average molecular weight is 337 g/mol. The number of imidazole rings is 1. The molecule has 5 nitrogen and oxygen atoms in total. The van der Waals surface area contributed by atoms with Crippen molar-refractivity contribution in [3.63, 3.8) is 0 Å². The van der Waals surface area contributed by atoms with E-state index in [9.17, 15) is 4.79 Å². The van der Waals surface area contributed by atoms with Crippen molar-refractivity contribution in [2.24, 2.45) is 7.05 Å². The second-order valence-electron chi connectivity index (χ2n) is 6.86. The van der Waals surface area contributed by atoms with Crippen LogP contribution in [0.1, 0.15) is 37.1 Å². The number of benzene rings is 1. The van der Waals surface area contributed by atoms with E-state index < -0.39 is 0 Å². The number of rotatable bonds is 3. The van der Waals surface area contributed by atoms with Gasteiger partial charge in [0.1, 0.15) is 12.4 Å². The van der Waals surface area contributed by atoms with Crippen molar-refractivity contribution in [3.05, 3.63) is 60.2 Å². The van der Waals surface area contributed by atoms with Crippen molar-refractivity contribution in [1.82, 2.24) is 14.5 Å². The molecule has 1 aromatic heterocycles. The first-order chi connectivity index (χ1) is 12.2. The minimum atomic E-state index is -0.200. The van der Waals surface area contributed by atoms with Crippen LogP contribution in [-0.2, 0) is 18.4 Å². The molecule has 0 spiro atoms. The van der Waals surface area contributed by atoms with E-state index >= 15 is 0 Å². The average Bonchev–Trinajstić information content (AvgIpc) is 3.05. The van der Waals surface area contributed by atoms with Crippen molar-refractivity contribution in [2.45, 2.75) is 44.4 Å². The van der Waals surface area contributed by atoms with Crippen LogP contribution in [0.5, 0.6) is 0 Å². The summed E-state index contributed by atoms with van der Waals surface area (Å²) in [5.41, 5.74) is 2.26. The Hall–Kier alpha value is -2.56. The third-order valence-corrected chi connectivity index (χ3v) is 5.16. The molecule has 0 aliphatic carbocycles. The first-order valence-corrected chi connectivity index (χ1v) is 8.90. The maximum absolute atomic E-state index is 12.7. The van der Waals surface area contributed by atoms with E-state index in [1.165, 1.54) is 5.57 Å². The van der Waals surface area contributed by atoms with E-state index in [1.807, 2.05) is 59.2 Å². The summed E-state index contributed by atoms with van der Waals surface area (Å²) in [5, 5.41) is 0. The SMILES string of the molecule is Cn1ccnc1C1=CC2CCCC(C1)N2C(=O)OCc1ccccc1. The lowest BCUT2D eigenvalue weighted by Gasteiger charge is -2.44. The van der Waals surface area contributed by atoms with Crippen LogP contribution in [0.25, 0.3) is 5.57 Å². The van der Waals surface area contributed by atoms with E-state index in [1.54, 1.807) is 0 Å². The molecule has 1 fully saturated rings. The van der Waals surface area contributed by atoms with Crippen molar-refractivity contribution in [2.75, 3.05) is 0 Å². The van der Waals surface area contributed by atoms with E-state index in [4.69, 9.17) is 4.74 Å². The number of piperidine rings is 1. The number of hydrogen-bond donors (Lipinski definition) is 0. The number of hydrogen-bond acceptors (Lipinski definition) is 3. The van der Waals surface area contributed by atoms with Gasteiger partial charge in [0.15, 0.2) is 0 Å². The minimum absolute atomic E-state index is 0.113. The summed E-state index contributed by atoms with van der Waals surface area (Å²) < 4.78 is 7.64. The van der Waals surface area contributed by atoms with Crippen LogP contribution >= 0.6 is 0 Å². The molecule has 2 aliphatic rings. The van der Waals surface area contributed by atoms with E-state index in [0.717, 1.165) is 37.1 Å². The standard InChI is InChI=1S/C20H23N3O2/c1-22-11-10-21-19(22)16-12-17-8-5-9-18(13-16)23(17)20(24)25-14-15-6-3-2-4-7-15/h2-4,6-7,10-12,17-18H,5,8-9,13-14H2,1H3. The third-order valence-electron chi connectivity index (χ3n) is 5.16. The van der Waals surface area contributed by atoms with Gasteiger partial charge in [-0.1, -0.05) is 36.4 Å². The summed E-state index contributed by atoms with van der Waals surface area (Å²) >= 11 is 0. The number of nitrogens with zero attached hydrogens (tertiary/aromatic N) is 3. The number of carbonyl (C=O) groups is 1. The Balaban J connectivity index is 1.50. The summed E-state index contributed by atoms with van der Waals surface area (Å²) in [6, 6.07) is 10.2. The summed E-state index contributed by atoms with van der Waals surface area (Å²) in [6.45, 7) is 0.325. The fourth-order valence-electron chi connectivity index (χ4n) is 3.95. The number of ether oxygens (including phenoxy) is 1. The van der Waals surface area contributed by atoms with Crippen LogP contribution in [0.3, 0.4) is 0 Å². The fraction of sp³-hybridized carbons (Fsp3) is 0.400. The summed E-state index contributed by atoms with van der Waals surface area (Å²) in [4.78, 5) is 19.1. The lowest BCUT2D eigenvalue weighted by atomic mass is 9.85. The molecule has 2 unspecified atom stereocenters. The topological polar surface area (TPSA) is 47.4 Å². The van der Waals surface area contributed by atoms with Gasteiger partial charge in [0.05, 0.1) is 6.04 Å². The zero-order valence-electron chi connectivity index (χ0n) is 14.5. The zero-order valence-corrected chi connectivity index (χ0v) is 14.5. The zero-order chi connectivity index (χ0) is 17.2. The van der Waals surface area contributed by atoms with E-state index in [2.05, 4.69) is 11.1 Å². The summed E-state index contributed by atoms with van der Waals surface area (Å²) in [5.74, 6) is 1.01. The largest absolute Gasteiger partial charge is 0.445 e. The van der Waals surface area contributed by atoms with Gasteiger partial charge in [-0.2, -0.15) is 0 Å². The maximum atomic E-state index is 12.7. The predicted molar refractivity (Wildman–Crippen MR) is 95.7 cm³/mol. The second-order valence-corrected chi connectivity index (χ2v) is 6.86. The number of aromatic nitrogens is 2. The van der Waals surface area contributed by atoms with Gasteiger partial charge in [-0.25, -0.2) is 9.78 Å². The molecular formula is C20H23N3O2. The van der Waals surface area contributed by atoms with Gasteiger partial charge < -0.3 is 9.30 Å². The molecule has 4 rings (SSSR count). The highest BCUT2D eigenvalue weighted by molar-refractivity contribution is 5.73. The van der Waals surface area contributed by atoms with E-state index in [-0.39, 0.29) is 18.2 Å². The Morgan fingerprint density at radius 3 is 2.84 bits per heavy atom. The highest BCUT2D eigenvalue weighted by Crippen LogP contribution is 2.37. The molecule has 2 bridgehead atoms. The number of fused-ring (bicyclic) bond motifs is 2. The van der Waals surface area contributed by atoms with Crippen LogP contribution in [0.15, 0.2) is 48.8 Å². The van der Waals surface area contributed by atoms with E-state index in [0.29, 0.717) is 6.61 Å². The Morgan fingerprint density at radius 2 is 2.12 bits per heavy atom. The van der Waals surface area contributed by atoms with Crippen LogP contribution in [0, 0.1) is 0 Å². The number of carbonyl (C=O) groups excluding carboxylic acids is 1. The molecule has 2 aromatic rings. The fourth-order valence-corrected chi connectivity index (χ4v) is 3.95. The first kappa shape index (κ1) is 15.9. The van der Waals surface area contributed by atoms with Gasteiger partial charge in [0.2, 0.25) is 0 Å². The molecule has 1 aromatic carbocycles. The predicted octanol–water partition coefficient (Wildman–Crippen LogP) is 3.77. The normalized spacial score (nSPS) is 22.4. The molecule has 0 N–H and O–H groups in total. The third kappa shape index (κ3) is 3.18. The van der Waals surface area contributed by atoms with Gasteiger partial charge in [-0.05, 0) is 36.8 Å². The van der Waals surface area contributed by atoms with Gasteiger partial charge in [0.25, 0.3) is 0 Å². The highest BCUT2D eigenvalue weighted by Gasteiger charge is 2.38. The monoisotopic (exact) mass is 337 g/mol. The molecule has 5 heteroatoms. The number of aryl methyl sites for hydroxylation is 1. The van der Waals surface area contributed by atoms with Crippen LogP contribution in [-0.4, -0.2) is 32.6 Å². The summed E-state index contributed by atoms with van der Waals surface area (Å²) in [7, 11) is 2.01. The lowest BCUT2D eigenvalue weighted by Crippen LogP contribution is -2.51. The van der Waals surface area contributed by atoms with Crippen molar-refractivity contribution in [3.8, 4) is 0 Å². The molecular weight excluding hydrogens is 314 g/mol. The Labute approximate surface area is 147 Å². The highest BCUT2D eigenvalue weighted by atomic mass is 16.6. The van der Waals surface area contributed by atoms with Crippen LogP contribution in [0.4, 0.5) is 4.79 Å². The van der Waals surface area contributed by atoms with Gasteiger partial charge in [-0.15, -0.1) is 0 Å². The van der Waals surface area contributed by atoms with Crippen molar-refractivity contribution in [1.29, 1.82) is 0 Å². The minimum Gasteiger partial charge on any atom is -0.445 e. The molecule has 3 heterocycles. The Bertz CT molecular complexity index is 781. The lowest BCUT2D eigenvalue weighted by molar-refractivity contribution is 0.0509. The molecule has 2 aliphatic heterocycles. The first-order valence-electron chi connectivity index (χ1n) is 8.90. The van der Waals surface area contributed by atoms with Crippen molar-refractivity contribution < 1.29 is 9.53 Å². The summed E-state index contributed by atoms with van der Waals surface area (Å²) in [6.07, 6.45) is 9.82. The molecule has 2 atom stereocenters. The molecule has 130 valence electrons. The molecule has 1 saturated heterocycles. The molecule has 0 saturated carbocycles. The Morgan fingerprint density at radius 1 is 1.28 bits per heavy atom. The van der Waals surface area contributed by atoms with Gasteiger partial charge >= 0.3 is 6.09 Å². The Kier molecular flexibility index (Phi) is 4.30. The molecule has 1 amide bonds. The number of amides is 1. The van der Waals surface area contributed by atoms with Crippen LogP contribution < -0.4 is 0 Å². The van der Waals surface area contributed by atoms with Gasteiger partial charge in [-0.3, -0.25) is 4.90 Å². The smallest absolute Gasteiger partial charge is 0.410 e. The van der Waals surface area contributed by atoms with Crippen LogP contribution in [0.2, 0.25) is 0 Å². The maximum Gasteiger partial charge on any atom is 0.410 e. The molecule has 25 heavy (non-hydrogen) atoms. The second kappa shape index (κ2) is 6.75. The quantitative estimate of drug-likeness (QED) is 0.856. The van der Waals surface area contributed by atoms with Crippen molar-refractivity contribution >= 4 is 11.7 Å².